The highest BCUT2D eigenvalue weighted by Gasteiger charge is 2.33. The van der Waals surface area contributed by atoms with Crippen molar-refractivity contribution in [3.05, 3.63) is 109 Å². The zero-order valence-corrected chi connectivity index (χ0v) is 26.4. The zero-order valence-electron chi connectivity index (χ0n) is 26.4. The van der Waals surface area contributed by atoms with E-state index >= 15 is 0 Å². The lowest BCUT2D eigenvalue weighted by molar-refractivity contribution is 0.350. The van der Waals surface area contributed by atoms with E-state index in [4.69, 9.17) is 4.42 Å². The Morgan fingerprint density at radius 3 is 1.43 bits per heavy atom. The number of hydrogen-bond donors (Lipinski definition) is 8. The third-order valence-corrected chi connectivity index (χ3v) is 9.70. The minimum atomic E-state index is -1.04. The van der Waals surface area contributed by atoms with Crippen molar-refractivity contribution in [3.8, 4) is 79.4 Å². The molecule has 1 aromatic heterocycles. The van der Waals surface area contributed by atoms with Crippen LogP contribution in [0.2, 0.25) is 0 Å². The second-order valence-corrected chi connectivity index (χ2v) is 12.4. The molecule has 9 heteroatoms. The first kappa shape index (κ1) is 29.8. The molecule has 0 amide bonds. The third-order valence-electron chi connectivity index (χ3n) is 9.70. The monoisotopic (exact) mass is 674 g/mol. The molecule has 248 valence electrons. The van der Waals surface area contributed by atoms with Crippen LogP contribution in [0.3, 0.4) is 0 Å². The fourth-order valence-corrected chi connectivity index (χ4v) is 7.46. The molecule has 0 spiro atoms. The molecule has 0 aliphatic rings. The van der Waals surface area contributed by atoms with Crippen molar-refractivity contribution < 1.29 is 45.3 Å². The molecule has 0 bridgehead atoms. The van der Waals surface area contributed by atoms with Gasteiger partial charge in [-0.25, -0.2) is 0 Å². The van der Waals surface area contributed by atoms with E-state index in [0.29, 0.717) is 38.5 Å². The predicted molar refractivity (Wildman–Crippen MR) is 196 cm³/mol. The molecule has 0 radical (unpaired) electrons. The molecule has 0 saturated heterocycles. The number of para-hydroxylation sites is 1. The van der Waals surface area contributed by atoms with E-state index < -0.39 is 46.0 Å². The van der Waals surface area contributed by atoms with Gasteiger partial charge in [-0.3, -0.25) is 0 Å². The van der Waals surface area contributed by atoms with Crippen LogP contribution in [0.4, 0.5) is 0 Å². The van der Waals surface area contributed by atoms with Crippen LogP contribution in [0.15, 0.2) is 114 Å². The van der Waals surface area contributed by atoms with Gasteiger partial charge in [0.15, 0.2) is 23.0 Å². The molecule has 9 rings (SSSR count). The van der Waals surface area contributed by atoms with E-state index in [1.54, 1.807) is 54.6 Å². The summed E-state index contributed by atoms with van der Waals surface area (Å²) in [5.74, 6) is -7.53. The van der Waals surface area contributed by atoms with Crippen LogP contribution in [0, 0.1) is 0 Å². The van der Waals surface area contributed by atoms with Crippen molar-refractivity contribution in [1.82, 2.24) is 0 Å². The molecule has 8 aromatic carbocycles. The lowest BCUT2D eigenvalue weighted by atomic mass is 9.81. The molecule has 9 nitrogen and oxygen atoms in total. The third kappa shape index (κ3) is 4.03. The number of phenols is 8. The lowest BCUT2D eigenvalue weighted by Crippen LogP contribution is -1.96. The minimum Gasteiger partial charge on any atom is -0.504 e. The maximum atomic E-state index is 11.8. The van der Waals surface area contributed by atoms with Crippen LogP contribution in [0.25, 0.3) is 87.6 Å². The first-order valence-corrected chi connectivity index (χ1v) is 15.9. The van der Waals surface area contributed by atoms with Crippen LogP contribution >= 0.6 is 0 Å². The van der Waals surface area contributed by atoms with Crippen molar-refractivity contribution in [2.45, 2.75) is 0 Å². The van der Waals surface area contributed by atoms with Gasteiger partial charge in [0.2, 0.25) is 23.0 Å². The van der Waals surface area contributed by atoms with Crippen molar-refractivity contribution in [1.29, 1.82) is 0 Å². The molecule has 51 heavy (non-hydrogen) atoms. The molecule has 0 fully saturated rings. The van der Waals surface area contributed by atoms with E-state index in [1.165, 1.54) is 0 Å². The summed E-state index contributed by atoms with van der Waals surface area (Å²) in [6, 6.07) is 32.7. The van der Waals surface area contributed by atoms with Gasteiger partial charge in [0, 0.05) is 43.4 Å². The van der Waals surface area contributed by atoms with Gasteiger partial charge < -0.3 is 45.3 Å². The molecule has 8 N–H and O–H groups in total. The molecule has 0 unspecified atom stereocenters. The van der Waals surface area contributed by atoms with Crippen LogP contribution in [-0.2, 0) is 0 Å². The van der Waals surface area contributed by atoms with Crippen LogP contribution in [0.5, 0.6) is 46.0 Å². The highest BCUT2D eigenvalue weighted by molar-refractivity contribution is 6.32. The Balaban J connectivity index is 1.61. The average Bonchev–Trinajstić information content (AvgIpc) is 3.55. The Bertz CT molecular complexity index is 2860. The first-order chi connectivity index (χ1) is 24.7. The van der Waals surface area contributed by atoms with Crippen molar-refractivity contribution in [2.75, 3.05) is 0 Å². The SMILES string of the molecule is Oc1c(O)c(O)c2c(-c3cccc4oc5ccccc5c34)c3c(O)c(O)c(O)c(O)c3c(-c3cc(-c4ccccc4)cc4ccccc34)c2c1O. The number of furan rings is 1. The molecule has 0 saturated carbocycles. The molecular formula is C42H26O9. The summed E-state index contributed by atoms with van der Waals surface area (Å²) in [5, 5.41) is 93.1. The molecule has 9 aromatic rings. The second kappa shape index (κ2) is 10.6. The van der Waals surface area contributed by atoms with E-state index in [1.807, 2.05) is 54.6 Å². The summed E-state index contributed by atoms with van der Waals surface area (Å²) in [4.78, 5) is 0. The lowest BCUT2D eigenvalue weighted by Gasteiger charge is -2.23. The van der Waals surface area contributed by atoms with Gasteiger partial charge in [0.25, 0.3) is 0 Å². The Morgan fingerprint density at radius 1 is 0.333 bits per heavy atom. The van der Waals surface area contributed by atoms with Crippen LogP contribution in [-0.4, -0.2) is 40.9 Å². The van der Waals surface area contributed by atoms with Crippen LogP contribution in [0.1, 0.15) is 0 Å². The van der Waals surface area contributed by atoms with E-state index in [2.05, 4.69) is 0 Å². The summed E-state index contributed by atoms with van der Waals surface area (Å²) >= 11 is 0. The van der Waals surface area contributed by atoms with Crippen molar-refractivity contribution in [2.24, 2.45) is 0 Å². The number of aromatic hydroxyl groups is 8. The molecule has 1 heterocycles. The predicted octanol–water partition coefficient (Wildman–Crippen LogP) is 9.69. The zero-order chi connectivity index (χ0) is 35.3. The van der Waals surface area contributed by atoms with Gasteiger partial charge in [-0.2, -0.15) is 0 Å². The maximum absolute atomic E-state index is 11.8. The quantitative estimate of drug-likeness (QED) is 0.0515. The summed E-state index contributed by atoms with van der Waals surface area (Å²) in [6.45, 7) is 0. The van der Waals surface area contributed by atoms with E-state index in [-0.39, 0.29) is 32.7 Å². The van der Waals surface area contributed by atoms with Gasteiger partial charge in [0.1, 0.15) is 11.2 Å². The molecule has 0 atom stereocenters. The number of rotatable bonds is 3. The van der Waals surface area contributed by atoms with Crippen molar-refractivity contribution in [3.63, 3.8) is 0 Å². The second-order valence-electron chi connectivity index (χ2n) is 12.4. The van der Waals surface area contributed by atoms with Crippen molar-refractivity contribution >= 4 is 54.3 Å². The van der Waals surface area contributed by atoms with E-state index in [0.717, 1.165) is 16.5 Å². The normalized spacial score (nSPS) is 11.8. The summed E-state index contributed by atoms with van der Waals surface area (Å²) in [6.07, 6.45) is 0. The number of hydrogen-bond acceptors (Lipinski definition) is 9. The van der Waals surface area contributed by atoms with E-state index in [9.17, 15) is 40.9 Å². The summed E-state index contributed by atoms with van der Waals surface area (Å²) < 4.78 is 6.13. The maximum Gasteiger partial charge on any atom is 0.204 e. The van der Waals surface area contributed by atoms with Gasteiger partial charge in [-0.05, 0) is 57.3 Å². The Morgan fingerprint density at radius 2 is 0.824 bits per heavy atom. The Labute approximate surface area is 287 Å². The number of benzene rings is 8. The van der Waals surface area contributed by atoms with Gasteiger partial charge >= 0.3 is 0 Å². The minimum absolute atomic E-state index is 0.0202. The average molecular weight is 675 g/mol. The highest BCUT2D eigenvalue weighted by Crippen LogP contribution is 2.63. The topological polar surface area (TPSA) is 175 Å². The molecule has 0 aliphatic heterocycles. The Kier molecular flexibility index (Phi) is 6.21. The number of phenolic OH excluding ortho intramolecular Hbond substituents is 8. The van der Waals surface area contributed by atoms with Gasteiger partial charge in [0.05, 0.1) is 0 Å². The largest absolute Gasteiger partial charge is 0.504 e. The fourth-order valence-electron chi connectivity index (χ4n) is 7.46. The van der Waals surface area contributed by atoms with Crippen LogP contribution < -0.4 is 0 Å². The molecule has 0 aliphatic carbocycles. The number of fused-ring (bicyclic) bond motifs is 6. The van der Waals surface area contributed by atoms with Gasteiger partial charge in [-0.1, -0.05) is 84.9 Å². The highest BCUT2D eigenvalue weighted by atomic mass is 16.4. The smallest absolute Gasteiger partial charge is 0.204 e. The van der Waals surface area contributed by atoms with Gasteiger partial charge in [-0.15, -0.1) is 0 Å². The Hall–Kier alpha value is -7.26. The summed E-state index contributed by atoms with van der Waals surface area (Å²) in [7, 11) is 0. The summed E-state index contributed by atoms with van der Waals surface area (Å²) in [5.41, 5.74) is 3.09. The standard InChI is InChI=1S/C42H26O9/c43-35-31-29(24-14-8-16-27-28(24)23-13-6-7-15-26(23)51-27)32-34(38(46)42(50)40(48)36(32)44)30(33(31)37(45)41(49)39(35)47)25-18-21(19-9-2-1-3-10-19)17-20-11-4-5-12-22(20)25/h1-18,43-50H. The first-order valence-electron chi connectivity index (χ1n) is 15.9. The fraction of sp³-hybridized carbons (Fsp3) is 0. The molecular weight excluding hydrogens is 648 g/mol.